The molecule has 2 amide bonds. The summed E-state index contributed by atoms with van der Waals surface area (Å²) in [5.74, 6) is 1.27. The van der Waals surface area contributed by atoms with Crippen molar-refractivity contribution in [2.45, 2.75) is 78.7 Å². The zero-order valence-electron chi connectivity index (χ0n) is 19.0. The molecular weight excluding hydrogens is 362 g/mol. The van der Waals surface area contributed by atoms with Crippen LogP contribution in [0, 0.1) is 11.8 Å². The summed E-state index contributed by atoms with van der Waals surface area (Å²) in [5.41, 5.74) is 1.12. The van der Waals surface area contributed by atoms with Crippen molar-refractivity contribution < 1.29 is 9.59 Å². The van der Waals surface area contributed by atoms with Crippen LogP contribution in [0.4, 0.5) is 0 Å². The maximum absolute atomic E-state index is 13.2. The zero-order valence-corrected chi connectivity index (χ0v) is 19.0. The summed E-state index contributed by atoms with van der Waals surface area (Å²) in [7, 11) is 2.01. The summed E-state index contributed by atoms with van der Waals surface area (Å²) in [6.45, 7) is 8.57. The minimum absolute atomic E-state index is 0.0644. The molecule has 5 heteroatoms. The third kappa shape index (κ3) is 7.87. The topological polar surface area (TPSA) is 45.6 Å². The van der Waals surface area contributed by atoms with Crippen LogP contribution >= 0.6 is 0 Å². The Morgan fingerprint density at radius 1 is 1.17 bits per heavy atom. The minimum atomic E-state index is 0.0644. The Kier molecular flexibility index (Phi) is 9.75. The van der Waals surface area contributed by atoms with Gasteiger partial charge in [0, 0.05) is 38.4 Å². The van der Waals surface area contributed by atoms with Crippen molar-refractivity contribution in [2.75, 3.05) is 19.6 Å². The Morgan fingerprint density at radius 2 is 1.90 bits per heavy atom. The van der Waals surface area contributed by atoms with E-state index in [9.17, 15) is 9.59 Å². The van der Waals surface area contributed by atoms with E-state index >= 15 is 0 Å². The van der Waals surface area contributed by atoms with Crippen molar-refractivity contribution in [2.24, 2.45) is 18.9 Å². The van der Waals surface area contributed by atoms with Crippen molar-refractivity contribution in [3.8, 4) is 0 Å². The van der Waals surface area contributed by atoms with Gasteiger partial charge >= 0.3 is 0 Å². The average Bonchev–Trinajstić information content (AvgIpc) is 3.34. The molecule has 1 aromatic heterocycles. The van der Waals surface area contributed by atoms with Crippen molar-refractivity contribution in [1.82, 2.24) is 14.4 Å². The minimum Gasteiger partial charge on any atom is -0.353 e. The lowest BCUT2D eigenvalue weighted by Gasteiger charge is -2.29. The van der Waals surface area contributed by atoms with Crippen molar-refractivity contribution in [3.05, 3.63) is 24.0 Å². The highest BCUT2D eigenvalue weighted by Crippen LogP contribution is 2.28. The number of carbonyl (C=O) groups is 2. The third-order valence-electron chi connectivity index (χ3n) is 6.04. The Bertz CT molecular complexity index is 632. The van der Waals surface area contributed by atoms with Gasteiger partial charge in [0.2, 0.25) is 11.8 Å². The number of unbranched alkanes of at least 4 members (excludes halogenated alkanes) is 1. The molecule has 0 radical (unpaired) electrons. The lowest BCUT2D eigenvalue weighted by molar-refractivity contribution is -0.141. The fourth-order valence-electron chi connectivity index (χ4n) is 4.24. The predicted octanol–water partition coefficient (Wildman–Crippen LogP) is 4.61. The molecule has 164 valence electrons. The smallest absolute Gasteiger partial charge is 0.242 e. The van der Waals surface area contributed by atoms with Crippen molar-refractivity contribution in [1.29, 1.82) is 0 Å². The molecular formula is C24H41N3O2. The summed E-state index contributed by atoms with van der Waals surface area (Å²) in [5, 5.41) is 0. The normalized spacial score (nSPS) is 14.5. The molecule has 0 bridgehead atoms. The first-order chi connectivity index (χ1) is 13.9. The van der Waals surface area contributed by atoms with Gasteiger partial charge in [0.25, 0.3) is 0 Å². The van der Waals surface area contributed by atoms with E-state index in [0.717, 1.165) is 31.5 Å². The van der Waals surface area contributed by atoms with Crippen LogP contribution in [0.2, 0.25) is 0 Å². The van der Waals surface area contributed by atoms with E-state index in [2.05, 4.69) is 31.4 Å². The number of rotatable bonds is 12. The van der Waals surface area contributed by atoms with Crippen molar-refractivity contribution in [3.63, 3.8) is 0 Å². The number of hydrogen-bond donors (Lipinski definition) is 0. The molecule has 0 atom stereocenters. The van der Waals surface area contributed by atoms with E-state index in [1.165, 1.54) is 25.7 Å². The number of aromatic nitrogens is 1. The van der Waals surface area contributed by atoms with Gasteiger partial charge in [-0.05, 0) is 36.8 Å². The number of aryl methyl sites for hydroxylation is 1. The molecule has 0 spiro atoms. The largest absolute Gasteiger partial charge is 0.353 e. The molecule has 1 fully saturated rings. The quantitative estimate of drug-likeness (QED) is 0.512. The molecule has 1 aromatic rings. The van der Waals surface area contributed by atoms with Crippen LogP contribution in [0.15, 0.2) is 18.3 Å². The average molecular weight is 404 g/mol. The van der Waals surface area contributed by atoms with Crippen molar-refractivity contribution >= 4 is 11.8 Å². The van der Waals surface area contributed by atoms with Gasteiger partial charge in [-0.1, -0.05) is 52.9 Å². The van der Waals surface area contributed by atoms with Gasteiger partial charge in [0.1, 0.15) is 0 Å². The highest BCUT2D eigenvalue weighted by atomic mass is 16.2. The van der Waals surface area contributed by atoms with Crippen LogP contribution in [0.5, 0.6) is 0 Å². The Balaban J connectivity index is 1.99. The summed E-state index contributed by atoms with van der Waals surface area (Å²) in [6, 6.07) is 4.07. The van der Waals surface area contributed by atoms with Crippen LogP contribution in [0.3, 0.4) is 0 Å². The van der Waals surface area contributed by atoms with E-state index in [0.29, 0.717) is 31.3 Å². The summed E-state index contributed by atoms with van der Waals surface area (Å²) in [6.07, 6.45) is 10.7. The zero-order chi connectivity index (χ0) is 21.2. The number of hydrogen-bond acceptors (Lipinski definition) is 2. The summed E-state index contributed by atoms with van der Waals surface area (Å²) >= 11 is 0. The molecule has 1 saturated carbocycles. The Hall–Kier alpha value is -1.78. The first-order valence-electron chi connectivity index (χ1n) is 11.6. The van der Waals surface area contributed by atoms with Crippen LogP contribution in [0.1, 0.15) is 77.8 Å². The molecule has 29 heavy (non-hydrogen) atoms. The Morgan fingerprint density at radius 3 is 2.48 bits per heavy atom. The van der Waals surface area contributed by atoms with Crippen LogP contribution in [0.25, 0.3) is 0 Å². The lowest BCUT2D eigenvalue weighted by Crippen LogP contribution is -2.44. The molecule has 1 heterocycles. The maximum atomic E-state index is 13.2. The molecule has 5 nitrogen and oxygen atoms in total. The van der Waals surface area contributed by atoms with E-state index in [1.807, 2.05) is 29.1 Å². The van der Waals surface area contributed by atoms with Gasteiger partial charge in [-0.25, -0.2) is 0 Å². The molecule has 1 aliphatic carbocycles. The summed E-state index contributed by atoms with van der Waals surface area (Å²) < 4.78 is 2.06. The first-order valence-corrected chi connectivity index (χ1v) is 11.6. The van der Waals surface area contributed by atoms with E-state index in [1.54, 1.807) is 0 Å². The van der Waals surface area contributed by atoms with E-state index in [-0.39, 0.29) is 18.4 Å². The van der Waals surface area contributed by atoms with Gasteiger partial charge in [-0.2, -0.15) is 0 Å². The number of carbonyl (C=O) groups excluding carboxylic acids is 2. The number of amides is 2. The van der Waals surface area contributed by atoms with Crippen LogP contribution in [-0.4, -0.2) is 45.8 Å². The SMILES string of the molecule is CCCCN(Cc1cccn1C)C(=O)CN(CC(C)C)C(=O)CCC1CCCC1. The fraction of sp³-hybridized carbons (Fsp3) is 0.750. The monoisotopic (exact) mass is 403 g/mol. The van der Waals surface area contributed by atoms with Gasteiger partial charge in [0.15, 0.2) is 0 Å². The fourth-order valence-corrected chi connectivity index (χ4v) is 4.24. The standard InChI is InChI=1S/C24H41N3O2/c1-5-6-16-26(18-22-12-9-15-25(22)4)24(29)19-27(17-20(2)3)23(28)14-13-21-10-7-8-11-21/h9,12,15,20-21H,5-8,10-11,13-14,16-19H2,1-4H3. The summed E-state index contributed by atoms with van der Waals surface area (Å²) in [4.78, 5) is 29.8. The molecule has 0 saturated heterocycles. The molecule has 0 aromatic carbocycles. The van der Waals surface area contributed by atoms with E-state index in [4.69, 9.17) is 0 Å². The third-order valence-corrected chi connectivity index (χ3v) is 6.04. The first kappa shape index (κ1) is 23.5. The van der Waals surface area contributed by atoms with E-state index < -0.39 is 0 Å². The Labute approximate surface area is 177 Å². The molecule has 0 aliphatic heterocycles. The van der Waals surface area contributed by atoms with Gasteiger partial charge in [-0.15, -0.1) is 0 Å². The lowest BCUT2D eigenvalue weighted by atomic mass is 10.0. The second-order valence-electron chi connectivity index (χ2n) is 9.14. The van der Waals surface area contributed by atoms with Crippen LogP contribution in [-0.2, 0) is 23.2 Å². The second-order valence-corrected chi connectivity index (χ2v) is 9.14. The molecule has 1 aliphatic rings. The van der Waals surface area contributed by atoms with Gasteiger partial charge in [-0.3, -0.25) is 9.59 Å². The molecule has 2 rings (SSSR count). The highest BCUT2D eigenvalue weighted by molar-refractivity contribution is 5.84. The highest BCUT2D eigenvalue weighted by Gasteiger charge is 2.24. The molecule has 0 N–H and O–H groups in total. The predicted molar refractivity (Wildman–Crippen MR) is 118 cm³/mol. The van der Waals surface area contributed by atoms with Gasteiger partial charge < -0.3 is 14.4 Å². The molecule has 0 unspecified atom stereocenters. The van der Waals surface area contributed by atoms with Crippen LogP contribution < -0.4 is 0 Å². The number of nitrogens with zero attached hydrogens (tertiary/aromatic N) is 3. The maximum Gasteiger partial charge on any atom is 0.242 e. The second kappa shape index (κ2) is 12.0. The van der Waals surface area contributed by atoms with Gasteiger partial charge in [0.05, 0.1) is 13.1 Å².